The molecule has 72 valence electrons. The second kappa shape index (κ2) is 4.24. The van der Waals surface area contributed by atoms with Gasteiger partial charge in [-0.1, -0.05) is 27.7 Å². The van der Waals surface area contributed by atoms with E-state index in [0.717, 1.165) is 24.9 Å². The van der Waals surface area contributed by atoms with Gasteiger partial charge in [0.15, 0.2) is 0 Å². The van der Waals surface area contributed by atoms with Gasteiger partial charge < -0.3 is 10.6 Å². The van der Waals surface area contributed by atoms with E-state index >= 15 is 0 Å². The molecule has 2 N–H and O–H groups in total. The van der Waals surface area contributed by atoms with Crippen LogP contribution < -0.4 is 10.6 Å². The molecule has 1 heterocycles. The first-order valence-electron chi connectivity index (χ1n) is 5.08. The van der Waals surface area contributed by atoms with Gasteiger partial charge in [-0.15, -0.1) is 0 Å². The normalized spacial score (nSPS) is 31.5. The van der Waals surface area contributed by atoms with Gasteiger partial charge in [0.1, 0.15) is 0 Å². The zero-order valence-electron chi connectivity index (χ0n) is 8.72. The van der Waals surface area contributed by atoms with Crippen LogP contribution in [0.5, 0.6) is 0 Å². The Balaban J connectivity index is 2.40. The van der Waals surface area contributed by atoms with Crippen LogP contribution in [0.15, 0.2) is 0 Å². The van der Waals surface area contributed by atoms with Gasteiger partial charge in [-0.3, -0.25) is 0 Å². The Labute approximate surface area is 76.1 Å². The molecule has 1 rings (SSSR count). The van der Waals surface area contributed by atoms with Crippen molar-refractivity contribution >= 4 is 0 Å². The molecule has 0 aromatic heterocycles. The van der Waals surface area contributed by atoms with Gasteiger partial charge in [0.05, 0.1) is 0 Å². The van der Waals surface area contributed by atoms with E-state index in [1.54, 1.807) is 0 Å². The van der Waals surface area contributed by atoms with E-state index in [0.29, 0.717) is 12.1 Å². The molecule has 0 radical (unpaired) electrons. The Morgan fingerprint density at radius 1 is 0.917 bits per heavy atom. The van der Waals surface area contributed by atoms with Crippen LogP contribution in [-0.2, 0) is 0 Å². The highest BCUT2D eigenvalue weighted by atomic mass is 15.1. The molecule has 2 heteroatoms. The fraction of sp³-hybridized carbons (Fsp3) is 1.00. The van der Waals surface area contributed by atoms with Gasteiger partial charge in [-0.2, -0.15) is 0 Å². The summed E-state index contributed by atoms with van der Waals surface area (Å²) < 4.78 is 0. The lowest BCUT2D eigenvalue weighted by atomic mass is 9.96. The molecule has 12 heavy (non-hydrogen) atoms. The van der Waals surface area contributed by atoms with Gasteiger partial charge in [-0.25, -0.2) is 0 Å². The predicted octanol–water partition coefficient (Wildman–Crippen LogP) is 1.23. The van der Waals surface area contributed by atoms with E-state index in [4.69, 9.17) is 0 Å². The summed E-state index contributed by atoms with van der Waals surface area (Å²) in [5.41, 5.74) is 0. The van der Waals surface area contributed by atoms with Gasteiger partial charge in [0.2, 0.25) is 0 Å². The second-order valence-electron chi connectivity index (χ2n) is 4.53. The van der Waals surface area contributed by atoms with Gasteiger partial charge in [-0.05, 0) is 11.8 Å². The monoisotopic (exact) mass is 170 g/mol. The molecule has 0 saturated carbocycles. The molecule has 0 amide bonds. The highest BCUT2D eigenvalue weighted by molar-refractivity contribution is 4.86. The minimum Gasteiger partial charge on any atom is -0.314 e. The van der Waals surface area contributed by atoms with E-state index in [1.807, 2.05) is 0 Å². The Hall–Kier alpha value is -0.0800. The lowest BCUT2D eigenvalue weighted by molar-refractivity contribution is 0.247. The smallest absolute Gasteiger partial charge is 0.0218 e. The molecule has 0 aliphatic carbocycles. The number of hydrogen-bond acceptors (Lipinski definition) is 2. The lowest BCUT2D eigenvalue weighted by Crippen LogP contribution is -2.58. The van der Waals surface area contributed by atoms with Crippen molar-refractivity contribution in [2.24, 2.45) is 11.8 Å². The molecule has 0 spiro atoms. The SMILES string of the molecule is CC(C)[C@@H]1CNC[C@@H](C(C)C)N1. The van der Waals surface area contributed by atoms with Crippen molar-refractivity contribution < 1.29 is 0 Å². The largest absolute Gasteiger partial charge is 0.314 e. The van der Waals surface area contributed by atoms with Crippen LogP contribution in [0.3, 0.4) is 0 Å². The summed E-state index contributed by atoms with van der Waals surface area (Å²) in [6.07, 6.45) is 0. The molecular formula is C10H22N2. The summed E-state index contributed by atoms with van der Waals surface area (Å²) in [5.74, 6) is 1.47. The number of hydrogen-bond donors (Lipinski definition) is 2. The second-order valence-corrected chi connectivity index (χ2v) is 4.53. The Kier molecular flexibility index (Phi) is 3.53. The molecule has 0 unspecified atom stereocenters. The number of piperazine rings is 1. The molecule has 1 fully saturated rings. The highest BCUT2D eigenvalue weighted by Gasteiger charge is 2.24. The van der Waals surface area contributed by atoms with Crippen LogP contribution >= 0.6 is 0 Å². The lowest BCUT2D eigenvalue weighted by Gasteiger charge is -2.36. The predicted molar refractivity (Wildman–Crippen MR) is 53.3 cm³/mol. The molecule has 1 saturated heterocycles. The van der Waals surface area contributed by atoms with Crippen LogP contribution in [0.2, 0.25) is 0 Å². The van der Waals surface area contributed by atoms with E-state index < -0.39 is 0 Å². The average Bonchev–Trinajstić information content (AvgIpc) is 2.04. The molecular weight excluding hydrogens is 148 g/mol. The Morgan fingerprint density at radius 2 is 1.33 bits per heavy atom. The number of rotatable bonds is 2. The molecule has 1 aliphatic heterocycles. The third-order valence-electron chi connectivity index (χ3n) is 2.77. The topological polar surface area (TPSA) is 24.1 Å². The van der Waals surface area contributed by atoms with Crippen molar-refractivity contribution in [1.29, 1.82) is 0 Å². The Morgan fingerprint density at radius 3 is 1.67 bits per heavy atom. The summed E-state index contributed by atoms with van der Waals surface area (Å²) in [7, 11) is 0. The van der Waals surface area contributed by atoms with Gasteiger partial charge in [0.25, 0.3) is 0 Å². The van der Waals surface area contributed by atoms with E-state index in [2.05, 4.69) is 38.3 Å². The number of nitrogens with one attached hydrogen (secondary N) is 2. The fourth-order valence-corrected chi connectivity index (χ4v) is 1.64. The van der Waals surface area contributed by atoms with Crippen LogP contribution in [-0.4, -0.2) is 25.2 Å². The standard InChI is InChI=1S/C10H22N2/c1-7(2)9-5-11-6-10(12-9)8(3)4/h7-12H,5-6H2,1-4H3/t9-,10-/m0/s1. The minimum absolute atomic E-state index is 0.658. The quantitative estimate of drug-likeness (QED) is 0.651. The minimum atomic E-state index is 0.658. The van der Waals surface area contributed by atoms with E-state index in [-0.39, 0.29) is 0 Å². The first-order chi connectivity index (χ1) is 5.61. The molecule has 1 aliphatic rings. The fourth-order valence-electron chi connectivity index (χ4n) is 1.64. The average molecular weight is 170 g/mol. The molecule has 0 aromatic carbocycles. The highest BCUT2D eigenvalue weighted by Crippen LogP contribution is 2.10. The zero-order valence-corrected chi connectivity index (χ0v) is 8.72. The summed E-state index contributed by atoms with van der Waals surface area (Å²) in [5, 5.41) is 7.17. The van der Waals surface area contributed by atoms with Crippen molar-refractivity contribution in [2.45, 2.75) is 39.8 Å². The molecule has 0 bridgehead atoms. The van der Waals surface area contributed by atoms with Crippen LogP contribution in [0.4, 0.5) is 0 Å². The molecule has 2 nitrogen and oxygen atoms in total. The van der Waals surface area contributed by atoms with Crippen molar-refractivity contribution in [3.8, 4) is 0 Å². The van der Waals surface area contributed by atoms with Crippen molar-refractivity contribution in [3.05, 3.63) is 0 Å². The summed E-state index contributed by atoms with van der Waals surface area (Å²) in [6, 6.07) is 1.32. The maximum Gasteiger partial charge on any atom is 0.0218 e. The first kappa shape index (κ1) is 10.0. The maximum atomic E-state index is 3.69. The first-order valence-corrected chi connectivity index (χ1v) is 5.08. The summed E-state index contributed by atoms with van der Waals surface area (Å²) >= 11 is 0. The van der Waals surface area contributed by atoms with Crippen LogP contribution in [0.1, 0.15) is 27.7 Å². The zero-order chi connectivity index (χ0) is 9.14. The summed E-state index contributed by atoms with van der Waals surface area (Å²) in [6.45, 7) is 11.4. The van der Waals surface area contributed by atoms with Crippen molar-refractivity contribution in [3.63, 3.8) is 0 Å². The maximum absolute atomic E-state index is 3.69. The third-order valence-corrected chi connectivity index (χ3v) is 2.77. The van der Waals surface area contributed by atoms with Crippen molar-refractivity contribution in [1.82, 2.24) is 10.6 Å². The van der Waals surface area contributed by atoms with E-state index in [9.17, 15) is 0 Å². The third kappa shape index (κ3) is 2.46. The molecule has 0 aromatic rings. The Bertz CT molecular complexity index is 118. The molecule has 2 atom stereocenters. The van der Waals surface area contributed by atoms with Gasteiger partial charge >= 0.3 is 0 Å². The van der Waals surface area contributed by atoms with Crippen LogP contribution in [0, 0.1) is 11.8 Å². The van der Waals surface area contributed by atoms with Crippen LogP contribution in [0.25, 0.3) is 0 Å². The van der Waals surface area contributed by atoms with E-state index in [1.165, 1.54) is 0 Å². The van der Waals surface area contributed by atoms with Crippen molar-refractivity contribution in [2.75, 3.05) is 13.1 Å². The summed E-state index contributed by atoms with van der Waals surface area (Å²) in [4.78, 5) is 0. The van der Waals surface area contributed by atoms with Gasteiger partial charge in [0, 0.05) is 25.2 Å².